The molecule has 0 aliphatic heterocycles. The van der Waals surface area contributed by atoms with E-state index in [0.717, 1.165) is 16.5 Å². The van der Waals surface area contributed by atoms with Crippen LogP contribution >= 0.6 is 0 Å². The maximum Gasteiger partial charge on any atom is 0.284 e. The van der Waals surface area contributed by atoms with E-state index < -0.39 is 0 Å². The Morgan fingerprint density at radius 2 is 1.95 bits per heavy atom. The van der Waals surface area contributed by atoms with Crippen LogP contribution in [0.1, 0.15) is 10.5 Å². The maximum atomic E-state index is 11.9. The minimum atomic E-state index is -0.189. The predicted molar refractivity (Wildman–Crippen MR) is 77.0 cm³/mol. The third kappa shape index (κ3) is 2.54. The number of carbonyl (C=O) groups is 1. The van der Waals surface area contributed by atoms with Gasteiger partial charge in [0.25, 0.3) is 5.91 Å². The van der Waals surface area contributed by atoms with E-state index in [1.165, 1.54) is 4.68 Å². The van der Waals surface area contributed by atoms with Crippen LogP contribution in [0.15, 0.2) is 54.7 Å². The largest absolute Gasteiger partial charge is 0.484 e. The van der Waals surface area contributed by atoms with Gasteiger partial charge in [-0.25, -0.2) is 4.68 Å². The van der Waals surface area contributed by atoms with Gasteiger partial charge >= 0.3 is 0 Å². The van der Waals surface area contributed by atoms with Crippen molar-refractivity contribution in [3.63, 3.8) is 0 Å². The first-order chi connectivity index (χ1) is 9.72. The molecule has 4 nitrogen and oxygen atoms in total. The predicted octanol–water partition coefficient (Wildman–Crippen LogP) is 3.06. The number of carbonyl (C=O) groups excluding carboxylic acids is 1. The minimum Gasteiger partial charge on any atom is -0.484 e. The van der Waals surface area contributed by atoms with Crippen molar-refractivity contribution in [2.24, 2.45) is 0 Å². The van der Waals surface area contributed by atoms with Crippen LogP contribution in [0, 0.1) is 6.92 Å². The molecule has 3 aromatic rings. The summed E-state index contributed by atoms with van der Waals surface area (Å²) in [4.78, 5) is 11.9. The fourth-order valence-corrected chi connectivity index (χ4v) is 2.02. The first kappa shape index (κ1) is 12.4. The smallest absolute Gasteiger partial charge is 0.284 e. The molecule has 4 heteroatoms. The number of aromatic nitrogens is 2. The van der Waals surface area contributed by atoms with Crippen molar-refractivity contribution >= 4 is 16.7 Å². The summed E-state index contributed by atoms with van der Waals surface area (Å²) < 4.78 is 6.83. The molecule has 1 heterocycles. The van der Waals surface area contributed by atoms with Gasteiger partial charge in [0.2, 0.25) is 0 Å². The second-order valence-corrected chi connectivity index (χ2v) is 4.59. The van der Waals surface area contributed by atoms with Gasteiger partial charge in [0.15, 0.2) is 6.61 Å². The zero-order chi connectivity index (χ0) is 13.9. The normalized spacial score (nSPS) is 10.7. The van der Waals surface area contributed by atoms with E-state index in [-0.39, 0.29) is 12.5 Å². The topological polar surface area (TPSA) is 44.1 Å². The molecule has 0 aliphatic rings. The lowest BCUT2D eigenvalue weighted by Gasteiger charge is -2.06. The summed E-state index contributed by atoms with van der Waals surface area (Å²) in [5.41, 5.74) is 0.809. The zero-order valence-electron chi connectivity index (χ0n) is 11.1. The average Bonchev–Trinajstić information content (AvgIpc) is 2.91. The molecular weight excluding hydrogens is 252 g/mol. The molecule has 1 aromatic heterocycles. The van der Waals surface area contributed by atoms with E-state index in [4.69, 9.17) is 4.74 Å². The molecule has 0 unspecified atom stereocenters. The lowest BCUT2D eigenvalue weighted by molar-refractivity contribution is 0.0821. The molecule has 0 atom stereocenters. The number of benzene rings is 2. The summed E-state index contributed by atoms with van der Waals surface area (Å²) in [5.74, 6) is 0.493. The van der Waals surface area contributed by atoms with Crippen LogP contribution in [-0.2, 0) is 0 Å². The first-order valence-electron chi connectivity index (χ1n) is 6.39. The van der Waals surface area contributed by atoms with E-state index in [1.807, 2.05) is 49.4 Å². The molecule has 20 heavy (non-hydrogen) atoms. The van der Waals surface area contributed by atoms with Crippen molar-refractivity contribution in [2.75, 3.05) is 6.61 Å². The van der Waals surface area contributed by atoms with Gasteiger partial charge in [-0.3, -0.25) is 4.79 Å². The third-order valence-electron chi connectivity index (χ3n) is 3.06. The Labute approximate surface area is 116 Å². The Hall–Kier alpha value is -2.62. The van der Waals surface area contributed by atoms with Gasteiger partial charge in [0, 0.05) is 6.20 Å². The number of nitrogens with zero attached hydrogens (tertiary/aromatic N) is 2. The summed E-state index contributed by atoms with van der Waals surface area (Å²) in [6.45, 7) is 1.81. The Kier molecular flexibility index (Phi) is 3.21. The lowest BCUT2D eigenvalue weighted by Crippen LogP contribution is -2.19. The van der Waals surface area contributed by atoms with Crippen LogP contribution in [0.3, 0.4) is 0 Å². The van der Waals surface area contributed by atoms with Crippen LogP contribution in [0.2, 0.25) is 0 Å². The number of hydrogen-bond donors (Lipinski definition) is 0. The Bertz CT molecular complexity index is 762. The van der Waals surface area contributed by atoms with Crippen LogP contribution in [0.5, 0.6) is 5.75 Å². The van der Waals surface area contributed by atoms with Crippen LogP contribution < -0.4 is 4.74 Å². The molecule has 0 radical (unpaired) electrons. The Balaban J connectivity index is 1.72. The van der Waals surface area contributed by atoms with E-state index in [1.54, 1.807) is 12.3 Å². The molecule has 0 N–H and O–H groups in total. The summed E-state index contributed by atoms with van der Waals surface area (Å²) in [6.07, 6.45) is 1.64. The minimum absolute atomic E-state index is 0.0283. The summed E-state index contributed by atoms with van der Waals surface area (Å²) in [6, 6.07) is 15.6. The van der Waals surface area contributed by atoms with Crippen molar-refractivity contribution in [3.05, 3.63) is 60.4 Å². The molecule has 0 spiro atoms. The van der Waals surface area contributed by atoms with Gasteiger partial charge in [0.05, 0.1) is 5.69 Å². The summed E-state index contributed by atoms with van der Waals surface area (Å²) in [5, 5.41) is 6.30. The van der Waals surface area contributed by atoms with Crippen molar-refractivity contribution in [1.29, 1.82) is 0 Å². The highest BCUT2D eigenvalue weighted by molar-refractivity contribution is 5.84. The van der Waals surface area contributed by atoms with Gasteiger partial charge in [-0.1, -0.05) is 30.3 Å². The van der Waals surface area contributed by atoms with Gasteiger partial charge in [-0.05, 0) is 35.9 Å². The SMILES string of the molecule is Cc1ccn(C(=O)COc2ccc3ccccc3c2)n1. The number of hydrogen-bond acceptors (Lipinski definition) is 3. The lowest BCUT2D eigenvalue weighted by atomic mass is 10.1. The van der Waals surface area contributed by atoms with E-state index in [2.05, 4.69) is 5.10 Å². The first-order valence-corrected chi connectivity index (χ1v) is 6.39. The van der Waals surface area contributed by atoms with Crippen LogP contribution in [0.25, 0.3) is 10.8 Å². The monoisotopic (exact) mass is 266 g/mol. The molecule has 100 valence electrons. The van der Waals surface area contributed by atoms with Gasteiger partial charge in [-0.2, -0.15) is 5.10 Å². The Morgan fingerprint density at radius 1 is 1.15 bits per heavy atom. The molecule has 0 bridgehead atoms. The van der Waals surface area contributed by atoms with Gasteiger partial charge < -0.3 is 4.74 Å². The molecule has 2 aromatic carbocycles. The molecule has 0 aliphatic carbocycles. The number of fused-ring (bicyclic) bond motifs is 1. The number of ether oxygens (including phenoxy) is 1. The van der Waals surface area contributed by atoms with Crippen molar-refractivity contribution in [1.82, 2.24) is 9.78 Å². The van der Waals surface area contributed by atoms with Gasteiger partial charge in [0.1, 0.15) is 5.75 Å². The summed E-state index contributed by atoms with van der Waals surface area (Å²) >= 11 is 0. The van der Waals surface area contributed by atoms with Crippen molar-refractivity contribution in [3.8, 4) is 5.75 Å². The molecule has 0 amide bonds. The Morgan fingerprint density at radius 3 is 2.70 bits per heavy atom. The second-order valence-electron chi connectivity index (χ2n) is 4.59. The van der Waals surface area contributed by atoms with E-state index >= 15 is 0 Å². The highest BCUT2D eigenvalue weighted by Crippen LogP contribution is 2.20. The van der Waals surface area contributed by atoms with Gasteiger partial charge in [-0.15, -0.1) is 0 Å². The number of aryl methyl sites for hydroxylation is 1. The summed E-state index contributed by atoms with van der Waals surface area (Å²) in [7, 11) is 0. The highest BCUT2D eigenvalue weighted by Gasteiger charge is 2.07. The molecule has 0 saturated carbocycles. The number of rotatable bonds is 3. The molecule has 0 saturated heterocycles. The molecule has 3 rings (SSSR count). The highest BCUT2D eigenvalue weighted by atomic mass is 16.5. The van der Waals surface area contributed by atoms with Crippen LogP contribution in [0.4, 0.5) is 0 Å². The fraction of sp³-hybridized carbons (Fsp3) is 0.125. The molecule has 0 fully saturated rings. The second kappa shape index (κ2) is 5.17. The standard InChI is InChI=1S/C16H14N2O2/c1-12-8-9-18(17-12)16(19)11-20-15-7-6-13-4-2-3-5-14(13)10-15/h2-10H,11H2,1H3. The maximum absolute atomic E-state index is 11.9. The van der Waals surface area contributed by atoms with Crippen LogP contribution in [-0.4, -0.2) is 22.3 Å². The molecular formula is C16H14N2O2. The van der Waals surface area contributed by atoms with E-state index in [9.17, 15) is 4.79 Å². The van der Waals surface area contributed by atoms with Crippen molar-refractivity contribution < 1.29 is 9.53 Å². The van der Waals surface area contributed by atoms with E-state index in [0.29, 0.717) is 5.75 Å². The third-order valence-corrected chi connectivity index (χ3v) is 3.06. The quantitative estimate of drug-likeness (QED) is 0.731. The fourth-order valence-electron chi connectivity index (χ4n) is 2.02. The average molecular weight is 266 g/mol. The zero-order valence-corrected chi connectivity index (χ0v) is 11.1. The van der Waals surface area contributed by atoms with Crippen molar-refractivity contribution in [2.45, 2.75) is 6.92 Å².